The summed E-state index contributed by atoms with van der Waals surface area (Å²) in [5, 5.41) is 13.3. The number of carbonyl (C=O) groups is 1. The maximum atomic E-state index is 11.6. The maximum Gasteiger partial charge on any atom is 0.269 e. The Morgan fingerprint density at radius 1 is 1.45 bits per heavy atom. The average molecular weight is 281 g/mol. The summed E-state index contributed by atoms with van der Waals surface area (Å²) in [6, 6.07) is 6.27. The lowest BCUT2D eigenvalue weighted by Gasteiger charge is -2.12. The van der Waals surface area contributed by atoms with Gasteiger partial charge in [0.15, 0.2) is 0 Å². The van der Waals surface area contributed by atoms with Crippen molar-refractivity contribution in [3.63, 3.8) is 0 Å². The molecule has 1 aromatic rings. The SMILES string of the molecule is COC(CN)CC(=O)NCCc1ccc([N+](=O)[O-])cc1. The van der Waals surface area contributed by atoms with E-state index in [1.54, 1.807) is 12.1 Å². The van der Waals surface area contributed by atoms with Crippen LogP contribution in [-0.2, 0) is 16.0 Å². The number of methoxy groups -OCH3 is 1. The second-order valence-corrected chi connectivity index (χ2v) is 4.32. The second kappa shape index (κ2) is 8.23. The van der Waals surface area contributed by atoms with Crippen molar-refractivity contribution < 1.29 is 14.5 Å². The fourth-order valence-corrected chi connectivity index (χ4v) is 1.67. The quantitative estimate of drug-likeness (QED) is 0.536. The summed E-state index contributed by atoms with van der Waals surface area (Å²) in [7, 11) is 1.52. The molecule has 1 atom stereocenters. The highest BCUT2D eigenvalue weighted by Crippen LogP contribution is 2.11. The van der Waals surface area contributed by atoms with Crippen molar-refractivity contribution >= 4 is 11.6 Å². The molecule has 0 fully saturated rings. The fraction of sp³-hybridized carbons (Fsp3) is 0.462. The number of non-ortho nitro benzene ring substituents is 1. The summed E-state index contributed by atoms with van der Waals surface area (Å²) in [5.41, 5.74) is 6.42. The number of nitrogens with one attached hydrogen (secondary N) is 1. The van der Waals surface area contributed by atoms with Gasteiger partial charge in [-0.2, -0.15) is 0 Å². The molecule has 0 aliphatic carbocycles. The van der Waals surface area contributed by atoms with Crippen molar-refractivity contribution in [2.24, 2.45) is 5.73 Å². The molecule has 0 aromatic heterocycles. The zero-order chi connectivity index (χ0) is 15.0. The topological polar surface area (TPSA) is 107 Å². The second-order valence-electron chi connectivity index (χ2n) is 4.32. The lowest BCUT2D eigenvalue weighted by Crippen LogP contribution is -2.33. The van der Waals surface area contributed by atoms with Gasteiger partial charge in [-0.3, -0.25) is 14.9 Å². The molecular formula is C13H19N3O4. The number of amides is 1. The number of hydrogen-bond acceptors (Lipinski definition) is 5. The predicted octanol–water partition coefficient (Wildman–Crippen LogP) is 0.617. The lowest BCUT2D eigenvalue weighted by molar-refractivity contribution is -0.384. The van der Waals surface area contributed by atoms with E-state index in [1.807, 2.05) is 0 Å². The molecule has 0 bridgehead atoms. The zero-order valence-corrected chi connectivity index (χ0v) is 11.4. The van der Waals surface area contributed by atoms with Gasteiger partial charge in [-0.15, -0.1) is 0 Å². The Morgan fingerprint density at radius 2 is 2.10 bits per heavy atom. The van der Waals surface area contributed by atoms with Crippen LogP contribution in [0.25, 0.3) is 0 Å². The first kappa shape index (κ1) is 16.1. The number of rotatable bonds is 8. The first-order valence-electron chi connectivity index (χ1n) is 6.29. The molecule has 0 spiro atoms. The molecule has 0 radical (unpaired) electrons. The van der Waals surface area contributed by atoms with Crippen molar-refractivity contribution in [3.05, 3.63) is 39.9 Å². The van der Waals surface area contributed by atoms with Crippen LogP contribution in [0.2, 0.25) is 0 Å². The third-order valence-electron chi connectivity index (χ3n) is 2.89. The molecule has 20 heavy (non-hydrogen) atoms. The third kappa shape index (κ3) is 5.33. The van der Waals surface area contributed by atoms with E-state index in [4.69, 9.17) is 10.5 Å². The van der Waals surface area contributed by atoms with Crippen molar-refractivity contribution in [2.75, 3.05) is 20.2 Å². The van der Waals surface area contributed by atoms with E-state index in [0.29, 0.717) is 19.5 Å². The van der Waals surface area contributed by atoms with Crippen LogP contribution < -0.4 is 11.1 Å². The lowest BCUT2D eigenvalue weighted by atomic mass is 10.1. The highest BCUT2D eigenvalue weighted by molar-refractivity contribution is 5.76. The van der Waals surface area contributed by atoms with Crippen molar-refractivity contribution in [1.29, 1.82) is 0 Å². The van der Waals surface area contributed by atoms with E-state index in [0.717, 1.165) is 5.56 Å². The van der Waals surface area contributed by atoms with Gasteiger partial charge in [0.05, 0.1) is 17.4 Å². The van der Waals surface area contributed by atoms with Crippen LogP contribution in [0.5, 0.6) is 0 Å². The Kier molecular flexibility index (Phi) is 6.61. The number of nitro benzene ring substituents is 1. The summed E-state index contributed by atoms with van der Waals surface area (Å²) >= 11 is 0. The van der Waals surface area contributed by atoms with Crippen LogP contribution >= 0.6 is 0 Å². The van der Waals surface area contributed by atoms with Crippen LogP contribution in [-0.4, -0.2) is 37.1 Å². The van der Waals surface area contributed by atoms with Gasteiger partial charge in [-0.1, -0.05) is 12.1 Å². The van der Waals surface area contributed by atoms with E-state index in [2.05, 4.69) is 5.32 Å². The van der Waals surface area contributed by atoms with Crippen molar-refractivity contribution in [3.8, 4) is 0 Å². The fourth-order valence-electron chi connectivity index (χ4n) is 1.67. The van der Waals surface area contributed by atoms with E-state index < -0.39 is 4.92 Å². The molecule has 1 aromatic carbocycles. The summed E-state index contributed by atoms with van der Waals surface area (Å²) < 4.78 is 5.02. The number of ether oxygens (including phenoxy) is 1. The Hall–Kier alpha value is -1.99. The summed E-state index contributed by atoms with van der Waals surface area (Å²) in [6.07, 6.45) is 0.575. The number of nitrogens with two attached hydrogens (primary N) is 1. The van der Waals surface area contributed by atoms with E-state index >= 15 is 0 Å². The maximum absolute atomic E-state index is 11.6. The van der Waals surface area contributed by atoms with E-state index in [1.165, 1.54) is 19.2 Å². The Bertz CT molecular complexity index is 443. The number of nitro groups is 1. The van der Waals surface area contributed by atoms with E-state index in [9.17, 15) is 14.9 Å². The van der Waals surface area contributed by atoms with Gasteiger partial charge < -0.3 is 15.8 Å². The summed E-state index contributed by atoms with van der Waals surface area (Å²) in [6.45, 7) is 0.768. The Labute approximate surface area is 117 Å². The van der Waals surface area contributed by atoms with Crippen LogP contribution in [0.4, 0.5) is 5.69 Å². The molecule has 110 valence electrons. The standard InChI is InChI=1S/C13H19N3O4/c1-20-12(9-14)8-13(17)15-7-6-10-2-4-11(5-3-10)16(18)19/h2-5,12H,6-9,14H2,1H3,(H,15,17). The summed E-state index contributed by atoms with van der Waals surface area (Å²) in [4.78, 5) is 21.6. The average Bonchev–Trinajstić information content (AvgIpc) is 2.45. The van der Waals surface area contributed by atoms with Crippen LogP contribution in [0.3, 0.4) is 0 Å². The first-order valence-corrected chi connectivity index (χ1v) is 6.29. The molecule has 1 unspecified atom stereocenters. The van der Waals surface area contributed by atoms with Crippen LogP contribution in [0.15, 0.2) is 24.3 Å². The van der Waals surface area contributed by atoms with Gasteiger partial charge in [0, 0.05) is 32.3 Å². The minimum absolute atomic E-state index is 0.0590. The normalized spacial score (nSPS) is 11.9. The summed E-state index contributed by atoms with van der Waals surface area (Å²) in [5.74, 6) is -0.121. The Morgan fingerprint density at radius 3 is 2.60 bits per heavy atom. The molecule has 0 saturated carbocycles. The van der Waals surface area contributed by atoms with Crippen LogP contribution in [0, 0.1) is 10.1 Å². The van der Waals surface area contributed by atoms with E-state index in [-0.39, 0.29) is 24.1 Å². The largest absolute Gasteiger partial charge is 0.380 e. The molecule has 0 aliphatic rings. The third-order valence-corrected chi connectivity index (χ3v) is 2.89. The molecular weight excluding hydrogens is 262 g/mol. The number of benzene rings is 1. The minimum atomic E-state index is -0.441. The number of hydrogen-bond donors (Lipinski definition) is 2. The van der Waals surface area contributed by atoms with Gasteiger partial charge >= 0.3 is 0 Å². The number of nitrogens with zero attached hydrogens (tertiary/aromatic N) is 1. The Balaban J connectivity index is 2.33. The van der Waals surface area contributed by atoms with Crippen molar-refractivity contribution in [1.82, 2.24) is 5.32 Å². The van der Waals surface area contributed by atoms with Crippen LogP contribution in [0.1, 0.15) is 12.0 Å². The highest BCUT2D eigenvalue weighted by Gasteiger charge is 2.10. The minimum Gasteiger partial charge on any atom is -0.380 e. The molecule has 7 nitrogen and oxygen atoms in total. The van der Waals surface area contributed by atoms with Gasteiger partial charge in [0.1, 0.15) is 0 Å². The molecule has 1 rings (SSSR count). The van der Waals surface area contributed by atoms with Gasteiger partial charge in [0.2, 0.25) is 5.91 Å². The molecule has 0 aliphatic heterocycles. The molecule has 0 heterocycles. The highest BCUT2D eigenvalue weighted by atomic mass is 16.6. The number of carbonyl (C=O) groups excluding carboxylic acids is 1. The predicted molar refractivity (Wildman–Crippen MR) is 74.3 cm³/mol. The smallest absolute Gasteiger partial charge is 0.269 e. The van der Waals surface area contributed by atoms with Gasteiger partial charge in [-0.05, 0) is 12.0 Å². The molecule has 1 amide bonds. The molecule has 3 N–H and O–H groups in total. The monoisotopic (exact) mass is 281 g/mol. The molecule has 7 heteroatoms. The van der Waals surface area contributed by atoms with Crippen molar-refractivity contribution in [2.45, 2.75) is 18.9 Å². The molecule has 0 saturated heterocycles. The first-order chi connectivity index (χ1) is 9.56. The van der Waals surface area contributed by atoms with Gasteiger partial charge in [-0.25, -0.2) is 0 Å². The van der Waals surface area contributed by atoms with Gasteiger partial charge in [0.25, 0.3) is 5.69 Å². The zero-order valence-electron chi connectivity index (χ0n) is 11.4.